The van der Waals surface area contributed by atoms with Crippen molar-refractivity contribution in [3.05, 3.63) is 0 Å². The molecule has 9 N–H and O–H groups in total. The summed E-state index contributed by atoms with van der Waals surface area (Å²) in [6, 6.07) is 0. The number of carbonyl (C=O) groups is 3. The van der Waals surface area contributed by atoms with E-state index in [9.17, 15) is 55.2 Å². The summed E-state index contributed by atoms with van der Waals surface area (Å²) in [6.45, 7) is 4.08. The normalized spacial score (nSPS) is 27.9. The SMILES string of the molecule is CCC(=O)N(CCNC(=O)C(O)C(O)C(OC1OC(C)(CO)C(O)C(O)C1O)C(O)CO)CCOC(=O)C(C)C. The van der Waals surface area contributed by atoms with Crippen LogP contribution >= 0.6 is 0 Å². The Morgan fingerprint density at radius 1 is 1.05 bits per heavy atom. The minimum absolute atomic E-state index is 0.0261. The lowest BCUT2D eigenvalue weighted by atomic mass is 9.89. The highest BCUT2D eigenvalue weighted by atomic mass is 16.7. The average molecular weight is 585 g/mol. The van der Waals surface area contributed by atoms with Gasteiger partial charge in [-0.15, -0.1) is 0 Å². The van der Waals surface area contributed by atoms with Crippen molar-refractivity contribution < 1.29 is 69.4 Å². The van der Waals surface area contributed by atoms with Gasteiger partial charge in [-0.1, -0.05) is 20.8 Å². The predicted octanol–water partition coefficient (Wildman–Crippen LogP) is -4.81. The van der Waals surface area contributed by atoms with Gasteiger partial charge in [0.15, 0.2) is 12.4 Å². The van der Waals surface area contributed by atoms with Gasteiger partial charge < -0.3 is 65.3 Å². The van der Waals surface area contributed by atoms with Gasteiger partial charge in [0.25, 0.3) is 5.91 Å². The molecule has 16 heteroatoms. The Hall–Kier alpha value is -1.99. The van der Waals surface area contributed by atoms with Crippen LogP contribution < -0.4 is 5.32 Å². The van der Waals surface area contributed by atoms with Crippen LogP contribution in [0.1, 0.15) is 34.1 Å². The number of hydrogen-bond donors (Lipinski definition) is 9. The molecule has 234 valence electrons. The van der Waals surface area contributed by atoms with Gasteiger partial charge in [0.2, 0.25) is 5.91 Å². The highest BCUT2D eigenvalue weighted by Crippen LogP contribution is 2.31. The standard InChI is InChI=1S/C24H44N2O14/c1-5-14(30)26(8-9-38-22(37)12(2)3)7-6-25-21(36)17(33)15(31)19(13(29)10-27)39-23-18(34)16(32)20(35)24(4,11-28)40-23/h12-13,15-20,23,27-29,31-35H,5-11H2,1-4H3,(H,25,36). The van der Waals surface area contributed by atoms with Crippen LogP contribution in [0, 0.1) is 5.92 Å². The number of aliphatic hydroxyl groups is 8. The van der Waals surface area contributed by atoms with Crippen molar-refractivity contribution in [1.29, 1.82) is 0 Å². The minimum atomic E-state index is -2.24. The summed E-state index contributed by atoms with van der Waals surface area (Å²) in [5.41, 5.74) is -1.83. The van der Waals surface area contributed by atoms with Crippen LogP contribution in [0.5, 0.6) is 0 Å². The van der Waals surface area contributed by atoms with Gasteiger partial charge in [0, 0.05) is 19.5 Å². The van der Waals surface area contributed by atoms with Gasteiger partial charge >= 0.3 is 5.97 Å². The fourth-order valence-electron chi connectivity index (χ4n) is 3.77. The summed E-state index contributed by atoms with van der Waals surface area (Å²) in [7, 11) is 0. The lowest BCUT2D eigenvalue weighted by Crippen LogP contribution is -2.66. The molecule has 16 nitrogen and oxygen atoms in total. The first-order chi connectivity index (χ1) is 18.6. The minimum Gasteiger partial charge on any atom is -0.464 e. The summed E-state index contributed by atoms with van der Waals surface area (Å²) < 4.78 is 15.7. The smallest absolute Gasteiger partial charge is 0.308 e. The first kappa shape index (κ1) is 36.0. The zero-order chi connectivity index (χ0) is 30.8. The molecule has 1 rings (SSSR count). The van der Waals surface area contributed by atoms with E-state index in [2.05, 4.69) is 5.32 Å². The molecule has 40 heavy (non-hydrogen) atoms. The molecule has 1 heterocycles. The second-order valence-corrected chi connectivity index (χ2v) is 10.0. The highest BCUT2D eigenvalue weighted by Gasteiger charge is 2.52. The van der Waals surface area contributed by atoms with Crippen molar-refractivity contribution in [3.8, 4) is 0 Å². The number of esters is 1. The van der Waals surface area contributed by atoms with Gasteiger partial charge in [0.1, 0.15) is 48.8 Å². The summed E-state index contributed by atoms with van der Waals surface area (Å²) in [6.07, 6.45) is -15.6. The van der Waals surface area contributed by atoms with Crippen molar-refractivity contribution in [3.63, 3.8) is 0 Å². The molecule has 1 fully saturated rings. The van der Waals surface area contributed by atoms with Crippen molar-refractivity contribution in [2.75, 3.05) is 39.5 Å². The maximum atomic E-state index is 12.5. The highest BCUT2D eigenvalue weighted by molar-refractivity contribution is 5.81. The molecule has 0 aromatic carbocycles. The molecule has 1 saturated heterocycles. The van der Waals surface area contributed by atoms with Gasteiger partial charge in [-0.05, 0) is 6.92 Å². The Kier molecular flexibility index (Phi) is 14.8. The summed E-state index contributed by atoms with van der Waals surface area (Å²) in [5.74, 6) is -2.21. The van der Waals surface area contributed by atoms with Crippen LogP contribution in [0.4, 0.5) is 0 Å². The van der Waals surface area contributed by atoms with Crippen LogP contribution in [-0.4, -0.2) is 158 Å². The molecule has 1 aliphatic heterocycles. The Labute approximate surface area is 232 Å². The third-order valence-corrected chi connectivity index (χ3v) is 6.48. The second-order valence-electron chi connectivity index (χ2n) is 10.0. The molecular weight excluding hydrogens is 540 g/mol. The van der Waals surface area contributed by atoms with E-state index in [1.54, 1.807) is 20.8 Å². The van der Waals surface area contributed by atoms with Crippen molar-refractivity contribution >= 4 is 17.8 Å². The lowest BCUT2D eigenvalue weighted by molar-refractivity contribution is -0.353. The predicted molar refractivity (Wildman–Crippen MR) is 134 cm³/mol. The van der Waals surface area contributed by atoms with Crippen LogP contribution in [-0.2, 0) is 28.6 Å². The number of aliphatic hydroxyl groups excluding tert-OH is 8. The van der Waals surface area contributed by atoms with Gasteiger partial charge in [-0.25, -0.2) is 0 Å². The number of carbonyl (C=O) groups excluding carboxylic acids is 3. The summed E-state index contributed by atoms with van der Waals surface area (Å²) in [4.78, 5) is 37.7. The van der Waals surface area contributed by atoms with E-state index in [0.717, 1.165) is 0 Å². The van der Waals surface area contributed by atoms with E-state index in [1.165, 1.54) is 11.8 Å². The van der Waals surface area contributed by atoms with E-state index in [1.807, 2.05) is 0 Å². The fraction of sp³-hybridized carbons (Fsp3) is 0.875. The Balaban J connectivity index is 2.83. The van der Waals surface area contributed by atoms with Gasteiger partial charge in [-0.3, -0.25) is 14.4 Å². The molecule has 0 aromatic rings. The Bertz CT molecular complexity index is 816. The number of nitrogens with one attached hydrogen (secondary N) is 1. The van der Waals surface area contributed by atoms with E-state index in [-0.39, 0.29) is 44.5 Å². The van der Waals surface area contributed by atoms with Crippen molar-refractivity contribution in [2.24, 2.45) is 5.92 Å². The molecule has 0 radical (unpaired) electrons. The van der Waals surface area contributed by atoms with Crippen LogP contribution in [0.25, 0.3) is 0 Å². The molecular formula is C24H44N2O14. The molecule has 0 aromatic heterocycles. The van der Waals surface area contributed by atoms with Gasteiger partial charge in [0.05, 0.1) is 25.7 Å². The van der Waals surface area contributed by atoms with Gasteiger partial charge in [-0.2, -0.15) is 0 Å². The lowest BCUT2D eigenvalue weighted by Gasteiger charge is -2.47. The second kappa shape index (κ2) is 16.5. The molecule has 0 saturated carbocycles. The zero-order valence-electron chi connectivity index (χ0n) is 23.1. The summed E-state index contributed by atoms with van der Waals surface area (Å²) >= 11 is 0. The van der Waals surface area contributed by atoms with Crippen molar-refractivity contribution in [2.45, 2.75) is 88.7 Å². The molecule has 1 aliphatic rings. The number of hydrogen-bond acceptors (Lipinski definition) is 14. The summed E-state index contributed by atoms with van der Waals surface area (Å²) in [5, 5.41) is 82.9. The molecule has 0 aliphatic carbocycles. The van der Waals surface area contributed by atoms with E-state index < -0.39 is 79.7 Å². The van der Waals surface area contributed by atoms with E-state index >= 15 is 0 Å². The van der Waals surface area contributed by atoms with Crippen LogP contribution in [0.15, 0.2) is 0 Å². The van der Waals surface area contributed by atoms with Crippen LogP contribution in [0.3, 0.4) is 0 Å². The Morgan fingerprint density at radius 2 is 1.68 bits per heavy atom. The first-order valence-corrected chi connectivity index (χ1v) is 13.0. The van der Waals surface area contributed by atoms with Crippen molar-refractivity contribution in [1.82, 2.24) is 10.2 Å². The topological polar surface area (TPSA) is 256 Å². The number of nitrogens with zero attached hydrogens (tertiary/aromatic N) is 1. The average Bonchev–Trinajstić information content (AvgIpc) is 2.94. The fourth-order valence-corrected chi connectivity index (χ4v) is 3.77. The molecule has 9 atom stereocenters. The monoisotopic (exact) mass is 584 g/mol. The van der Waals surface area contributed by atoms with E-state index in [4.69, 9.17) is 14.2 Å². The number of amides is 2. The molecule has 0 bridgehead atoms. The maximum Gasteiger partial charge on any atom is 0.308 e. The largest absolute Gasteiger partial charge is 0.464 e. The van der Waals surface area contributed by atoms with Crippen LogP contribution in [0.2, 0.25) is 0 Å². The Morgan fingerprint density at radius 3 is 2.20 bits per heavy atom. The quantitative estimate of drug-likeness (QED) is 0.0772. The maximum absolute atomic E-state index is 12.5. The van der Waals surface area contributed by atoms with E-state index in [0.29, 0.717) is 0 Å². The number of ether oxygens (including phenoxy) is 3. The molecule has 2 amide bonds. The third-order valence-electron chi connectivity index (χ3n) is 6.48. The third kappa shape index (κ3) is 9.54. The number of rotatable bonds is 16. The zero-order valence-corrected chi connectivity index (χ0v) is 23.1. The first-order valence-electron chi connectivity index (χ1n) is 13.0. The molecule has 0 spiro atoms. The molecule has 9 unspecified atom stereocenters.